The monoisotopic (exact) mass is 266 g/mol. The summed E-state index contributed by atoms with van der Waals surface area (Å²) in [6.07, 6.45) is 3.64. The molecule has 0 bridgehead atoms. The van der Waals surface area contributed by atoms with Crippen molar-refractivity contribution in [1.82, 2.24) is 4.90 Å². The van der Waals surface area contributed by atoms with Crippen molar-refractivity contribution in [2.45, 2.75) is 57.7 Å². The highest BCUT2D eigenvalue weighted by Gasteiger charge is 2.36. The minimum Gasteiger partial charge on any atom is -0.335 e. The van der Waals surface area contributed by atoms with Gasteiger partial charge in [-0.1, -0.05) is 6.07 Å². The molecule has 0 aromatic carbocycles. The fourth-order valence-electron chi connectivity index (χ4n) is 2.34. The van der Waals surface area contributed by atoms with Crippen molar-refractivity contribution in [3.8, 4) is 0 Å². The standard InChI is InChI=1S/C14H22N2OS/c1-11(2)16(10-12-5-3-8-18-12)13(17)9-14(15)6-4-7-14/h3,5,8,11H,4,6-7,9-10,15H2,1-2H3. The van der Waals surface area contributed by atoms with Crippen molar-refractivity contribution < 1.29 is 4.79 Å². The smallest absolute Gasteiger partial charge is 0.224 e. The molecule has 2 N–H and O–H groups in total. The number of carbonyl (C=O) groups is 1. The average Bonchev–Trinajstić information content (AvgIpc) is 2.75. The molecular weight excluding hydrogens is 244 g/mol. The van der Waals surface area contributed by atoms with E-state index in [0.717, 1.165) is 19.3 Å². The lowest BCUT2D eigenvalue weighted by Gasteiger charge is -2.39. The molecule has 0 atom stereocenters. The molecule has 4 heteroatoms. The van der Waals surface area contributed by atoms with E-state index in [-0.39, 0.29) is 17.5 Å². The fraction of sp³-hybridized carbons (Fsp3) is 0.643. The first-order valence-electron chi connectivity index (χ1n) is 6.61. The number of hydrogen-bond donors (Lipinski definition) is 1. The second kappa shape index (κ2) is 5.41. The first kappa shape index (κ1) is 13.6. The Hall–Kier alpha value is -0.870. The van der Waals surface area contributed by atoms with Crippen LogP contribution in [0.15, 0.2) is 17.5 Å². The number of amides is 1. The summed E-state index contributed by atoms with van der Waals surface area (Å²) in [6, 6.07) is 4.33. The maximum atomic E-state index is 12.4. The zero-order valence-corrected chi connectivity index (χ0v) is 12.0. The molecule has 0 radical (unpaired) electrons. The zero-order chi connectivity index (χ0) is 13.2. The van der Waals surface area contributed by atoms with Gasteiger partial charge in [-0.2, -0.15) is 0 Å². The highest BCUT2D eigenvalue weighted by Crippen LogP contribution is 2.33. The van der Waals surface area contributed by atoms with E-state index in [9.17, 15) is 4.79 Å². The van der Waals surface area contributed by atoms with E-state index >= 15 is 0 Å². The van der Waals surface area contributed by atoms with Crippen molar-refractivity contribution in [3.63, 3.8) is 0 Å². The Labute approximate surface area is 113 Å². The lowest BCUT2D eigenvalue weighted by Crippen LogP contribution is -2.51. The molecule has 2 rings (SSSR count). The first-order valence-corrected chi connectivity index (χ1v) is 7.49. The molecule has 1 fully saturated rings. The van der Waals surface area contributed by atoms with Crippen LogP contribution >= 0.6 is 11.3 Å². The summed E-state index contributed by atoms with van der Waals surface area (Å²) in [7, 11) is 0. The van der Waals surface area contributed by atoms with Crippen LogP contribution in [0.25, 0.3) is 0 Å². The van der Waals surface area contributed by atoms with Crippen LogP contribution in [0.1, 0.15) is 44.4 Å². The number of carbonyl (C=O) groups excluding carboxylic acids is 1. The summed E-state index contributed by atoms with van der Waals surface area (Å²) >= 11 is 1.70. The zero-order valence-electron chi connectivity index (χ0n) is 11.2. The van der Waals surface area contributed by atoms with Crippen LogP contribution in [-0.4, -0.2) is 22.4 Å². The van der Waals surface area contributed by atoms with Gasteiger partial charge in [0, 0.05) is 22.9 Å². The molecule has 3 nitrogen and oxygen atoms in total. The first-order chi connectivity index (χ1) is 8.50. The van der Waals surface area contributed by atoms with E-state index in [4.69, 9.17) is 5.73 Å². The van der Waals surface area contributed by atoms with Crippen molar-refractivity contribution in [3.05, 3.63) is 22.4 Å². The molecule has 1 heterocycles. The molecule has 1 aliphatic rings. The van der Waals surface area contributed by atoms with E-state index in [2.05, 4.69) is 25.3 Å². The van der Waals surface area contributed by atoms with Crippen LogP contribution in [0.3, 0.4) is 0 Å². The van der Waals surface area contributed by atoms with Crippen LogP contribution in [0, 0.1) is 0 Å². The predicted molar refractivity (Wildman–Crippen MR) is 75.4 cm³/mol. The summed E-state index contributed by atoms with van der Waals surface area (Å²) in [5.41, 5.74) is 5.95. The van der Waals surface area contributed by atoms with E-state index < -0.39 is 0 Å². The van der Waals surface area contributed by atoms with Gasteiger partial charge in [0.15, 0.2) is 0 Å². The van der Waals surface area contributed by atoms with Gasteiger partial charge in [0.25, 0.3) is 0 Å². The molecule has 0 aliphatic heterocycles. The minimum absolute atomic E-state index is 0.195. The summed E-state index contributed by atoms with van der Waals surface area (Å²) < 4.78 is 0. The van der Waals surface area contributed by atoms with E-state index in [0.29, 0.717) is 13.0 Å². The van der Waals surface area contributed by atoms with Crippen molar-refractivity contribution in [2.24, 2.45) is 5.73 Å². The summed E-state index contributed by atoms with van der Waals surface area (Å²) in [4.78, 5) is 15.5. The van der Waals surface area contributed by atoms with Crippen LogP contribution in [0.2, 0.25) is 0 Å². The van der Waals surface area contributed by atoms with Crippen LogP contribution in [0.5, 0.6) is 0 Å². The van der Waals surface area contributed by atoms with Crippen molar-refractivity contribution >= 4 is 17.2 Å². The maximum Gasteiger partial charge on any atom is 0.224 e. The Morgan fingerprint density at radius 2 is 2.28 bits per heavy atom. The van der Waals surface area contributed by atoms with Gasteiger partial charge in [0.05, 0.1) is 6.54 Å². The lowest BCUT2D eigenvalue weighted by atomic mass is 9.75. The number of nitrogens with two attached hydrogens (primary N) is 1. The van der Waals surface area contributed by atoms with Gasteiger partial charge in [-0.05, 0) is 44.6 Å². The Bertz CT molecular complexity index is 396. The normalized spacial score (nSPS) is 17.6. The van der Waals surface area contributed by atoms with Crippen LogP contribution in [0.4, 0.5) is 0 Å². The molecule has 1 amide bonds. The second-order valence-corrected chi connectivity index (χ2v) is 6.62. The minimum atomic E-state index is -0.223. The second-order valence-electron chi connectivity index (χ2n) is 5.59. The van der Waals surface area contributed by atoms with Gasteiger partial charge in [-0.15, -0.1) is 11.3 Å². The number of nitrogens with zero attached hydrogens (tertiary/aromatic N) is 1. The van der Waals surface area contributed by atoms with Crippen molar-refractivity contribution in [2.75, 3.05) is 0 Å². The molecule has 0 spiro atoms. The topological polar surface area (TPSA) is 46.3 Å². The highest BCUT2D eigenvalue weighted by molar-refractivity contribution is 7.09. The molecule has 100 valence electrons. The van der Waals surface area contributed by atoms with Gasteiger partial charge in [0.1, 0.15) is 0 Å². The third-order valence-corrected chi connectivity index (χ3v) is 4.56. The largest absolute Gasteiger partial charge is 0.335 e. The molecule has 0 saturated heterocycles. The quantitative estimate of drug-likeness (QED) is 0.890. The molecular formula is C14H22N2OS. The Morgan fingerprint density at radius 1 is 1.56 bits per heavy atom. The number of hydrogen-bond acceptors (Lipinski definition) is 3. The van der Waals surface area contributed by atoms with Crippen LogP contribution < -0.4 is 5.73 Å². The SMILES string of the molecule is CC(C)N(Cc1cccs1)C(=O)CC1(N)CCC1. The Kier molecular flexibility index (Phi) is 4.07. The predicted octanol–water partition coefficient (Wildman–Crippen LogP) is 2.76. The number of rotatable bonds is 5. The van der Waals surface area contributed by atoms with Gasteiger partial charge >= 0.3 is 0 Å². The molecule has 0 unspecified atom stereocenters. The van der Waals surface area contributed by atoms with Gasteiger partial charge in [-0.25, -0.2) is 0 Å². The lowest BCUT2D eigenvalue weighted by molar-refractivity contribution is -0.135. The van der Waals surface area contributed by atoms with Gasteiger partial charge < -0.3 is 10.6 Å². The Morgan fingerprint density at radius 3 is 2.72 bits per heavy atom. The van der Waals surface area contributed by atoms with Gasteiger partial charge in [-0.3, -0.25) is 4.79 Å². The molecule has 1 aromatic rings. The summed E-state index contributed by atoms with van der Waals surface area (Å²) in [6.45, 7) is 4.84. The van der Waals surface area contributed by atoms with E-state index in [1.54, 1.807) is 11.3 Å². The van der Waals surface area contributed by atoms with E-state index in [1.807, 2.05) is 11.0 Å². The molecule has 1 saturated carbocycles. The number of thiophene rings is 1. The third-order valence-electron chi connectivity index (χ3n) is 3.70. The molecule has 1 aliphatic carbocycles. The molecule has 1 aromatic heterocycles. The summed E-state index contributed by atoms with van der Waals surface area (Å²) in [5.74, 6) is 0.195. The maximum absolute atomic E-state index is 12.4. The van der Waals surface area contributed by atoms with Crippen molar-refractivity contribution in [1.29, 1.82) is 0 Å². The average molecular weight is 266 g/mol. The van der Waals surface area contributed by atoms with E-state index in [1.165, 1.54) is 4.88 Å². The fourth-order valence-corrected chi connectivity index (χ4v) is 3.04. The Balaban J connectivity index is 1.98. The van der Waals surface area contributed by atoms with Crippen LogP contribution in [-0.2, 0) is 11.3 Å². The third kappa shape index (κ3) is 3.12. The van der Waals surface area contributed by atoms with Gasteiger partial charge in [0.2, 0.25) is 5.91 Å². The highest BCUT2D eigenvalue weighted by atomic mass is 32.1. The molecule has 18 heavy (non-hydrogen) atoms. The summed E-state index contributed by atoms with van der Waals surface area (Å²) in [5, 5.41) is 2.05.